The zero-order chi connectivity index (χ0) is 19.9. The summed E-state index contributed by atoms with van der Waals surface area (Å²) >= 11 is 0. The molecule has 26 heavy (non-hydrogen) atoms. The SMILES string of the molecule is CC.CC.CC.c1ccc(OCCCOCCOCc2ccon2)cc1. The number of rotatable bonds is 10. The molecular weight excluding hydrogens is 330 g/mol. The highest BCUT2D eigenvalue weighted by Crippen LogP contribution is 2.08. The van der Waals surface area contributed by atoms with Gasteiger partial charge < -0.3 is 18.7 Å². The molecule has 2 aromatic rings. The third-order valence-corrected chi connectivity index (χ3v) is 2.56. The number of ether oxygens (including phenoxy) is 3. The molecular formula is C21H37NO4. The summed E-state index contributed by atoms with van der Waals surface area (Å²) in [5, 5.41) is 3.75. The van der Waals surface area contributed by atoms with Gasteiger partial charge in [0.15, 0.2) is 0 Å². The van der Waals surface area contributed by atoms with E-state index >= 15 is 0 Å². The van der Waals surface area contributed by atoms with Gasteiger partial charge in [0.2, 0.25) is 0 Å². The van der Waals surface area contributed by atoms with Gasteiger partial charge >= 0.3 is 0 Å². The maximum absolute atomic E-state index is 5.55. The van der Waals surface area contributed by atoms with Gasteiger partial charge in [-0.05, 0) is 12.1 Å². The second kappa shape index (κ2) is 23.1. The lowest BCUT2D eigenvalue weighted by Crippen LogP contribution is -2.08. The minimum atomic E-state index is 0.455. The van der Waals surface area contributed by atoms with Crippen LogP contribution in [0.4, 0.5) is 0 Å². The Labute approximate surface area is 159 Å². The van der Waals surface area contributed by atoms with Crippen LogP contribution in [0.1, 0.15) is 53.7 Å². The van der Waals surface area contributed by atoms with E-state index in [-0.39, 0.29) is 0 Å². The number of hydrogen-bond acceptors (Lipinski definition) is 5. The summed E-state index contributed by atoms with van der Waals surface area (Å²) in [6.45, 7) is 14.9. The van der Waals surface area contributed by atoms with E-state index in [4.69, 9.17) is 18.7 Å². The van der Waals surface area contributed by atoms with E-state index in [2.05, 4.69) is 5.16 Å². The monoisotopic (exact) mass is 367 g/mol. The first-order valence-corrected chi connectivity index (χ1v) is 9.68. The van der Waals surface area contributed by atoms with Crippen molar-refractivity contribution < 1.29 is 18.7 Å². The van der Waals surface area contributed by atoms with E-state index in [0.29, 0.717) is 33.0 Å². The van der Waals surface area contributed by atoms with Crippen molar-refractivity contribution in [2.24, 2.45) is 0 Å². The molecule has 1 aromatic carbocycles. The molecule has 0 aliphatic carbocycles. The van der Waals surface area contributed by atoms with Gasteiger partial charge in [-0.1, -0.05) is 64.9 Å². The molecule has 0 aliphatic rings. The molecule has 0 spiro atoms. The molecule has 0 amide bonds. The Hall–Kier alpha value is -1.85. The lowest BCUT2D eigenvalue weighted by atomic mass is 10.3. The Bertz CT molecular complexity index is 446. The standard InChI is InChI=1S/C15H19NO4.3C2H6/c1-2-5-15(6-3-1)19-9-4-8-17-11-12-18-13-14-7-10-20-16-14;3*1-2/h1-3,5-7,10H,4,8-9,11-13H2;3*1-2H3. The third-order valence-electron chi connectivity index (χ3n) is 2.56. The molecule has 0 saturated heterocycles. The number of nitrogens with zero attached hydrogens (tertiary/aromatic N) is 1. The van der Waals surface area contributed by atoms with Crippen molar-refractivity contribution >= 4 is 0 Å². The quantitative estimate of drug-likeness (QED) is 0.500. The van der Waals surface area contributed by atoms with Crippen LogP contribution in [-0.4, -0.2) is 31.6 Å². The molecule has 0 unspecified atom stereocenters. The van der Waals surface area contributed by atoms with Crippen LogP contribution in [-0.2, 0) is 16.1 Å². The number of benzene rings is 1. The molecule has 1 aromatic heterocycles. The number of aromatic nitrogens is 1. The van der Waals surface area contributed by atoms with Crippen LogP contribution in [0.25, 0.3) is 0 Å². The van der Waals surface area contributed by atoms with Crippen LogP contribution in [0, 0.1) is 0 Å². The smallest absolute Gasteiger partial charge is 0.124 e. The summed E-state index contributed by atoms with van der Waals surface area (Å²) in [7, 11) is 0. The van der Waals surface area contributed by atoms with Crippen LogP contribution in [0.15, 0.2) is 47.2 Å². The Kier molecular flexibility index (Phi) is 23.5. The molecule has 0 aliphatic heterocycles. The molecule has 1 heterocycles. The van der Waals surface area contributed by atoms with E-state index in [1.165, 1.54) is 6.26 Å². The number of hydrogen-bond donors (Lipinski definition) is 0. The summed E-state index contributed by atoms with van der Waals surface area (Å²) in [5.74, 6) is 0.892. The first-order valence-electron chi connectivity index (χ1n) is 9.68. The molecule has 0 bridgehead atoms. The fraction of sp³-hybridized carbons (Fsp3) is 0.571. The second-order valence-electron chi connectivity index (χ2n) is 4.17. The van der Waals surface area contributed by atoms with Gasteiger partial charge in [-0.2, -0.15) is 0 Å². The van der Waals surface area contributed by atoms with Crippen molar-refractivity contribution in [3.8, 4) is 5.75 Å². The normalized spacial score (nSPS) is 8.85. The minimum Gasteiger partial charge on any atom is -0.494 e. The Morgan fingerprint density at radius 2 is 1.42 bits per heavy atom. The van der Waals surface area contributed by atoms with Gasteiger partial charge in [-0.3, -0.25) is 0 Å². The summed E-state index contributed by atoms with van der Waals surface area (Å²) in [6.07, 6.45) is 2.39. The average molecular weight is 368 g/mol. The van der Waals surface area contributed by atoms with E-state index < -0.39 is 0 Å². The molecule has 2 rings (SSSR count). The summed E-state index contributed by atoms with van der Waals surface area (Å²) in [6, 6.07) is 11.5. The first kappa shape index (κ1) is 26.4. The maximum Gasteiger partial charge on any atom is 0.124 e. The fourth-order valence-corrected chi connectivity index (χ4v) is 1.58. The molecule has 5 heteroatoms. The van der Waals surface area contributed by atoms with Crippen molar-refractivity contribution in [3.05, 3.63) is 48.4 Å². The van der Waals surface area contributed by atoms with Gasteiger partial charge in [0.25, 0.3) is 0 Å². The van der Waals surface area contributed by atoms with Crippen molar-refractivity contribution in [2.45, 2.75) is 54.6 Å². The first-order chi connectivity index (χ1) is 12.9. The molecule has 0 atom stereocenters. The summed E-state index contributed by atoms with van der Waals surface area (Å²) in [4.78, 5) is 0. The van der Waals surface area contributed by atoms with E-state index in [0.717, 1.165) is 17.9 Å². The fourth-order valence-electron chi connectivity index (χ4n) is 1.58. The van der Waals surface area contributed by atoms with Gasteiger partial charge in [0.05, 0.1) is 26.4 Å². The highest BCUT2D eigenvalue weighted by atomic mass is 16.5. The molecule has 0 N–H and O–H groups in total. The van der Waals surface area contributed by atoms with Crippen molar-refractivity contribution in [3.63, 3.8) is 0 Å². The van der Waals surface area contributed by atoms with Crippen LogP contribution in [0.3, 0.4) is 0 Å². The largest absolute Gasteiger partial charge is 0.494 e. The van der Waals surface area contributed by atoms with Crippen molar-refractivity contribution in [2.75, 3.05) is 26.4 Å². The summed E-state index contributed by atoms with van der Waals surface area (Å²) < 4.78 is 21.1. The van der Waals surface area contributed by atoms with E-state index in [1.807, 2.05) is 71.9 Å². The highest BCUT2D eigenvalue weighted by Gasteiger charge is 1.96. The highest BCUT2D eigenvalue weighted by molar-refractivity contribution is 5.20. The van der Waals surface area contributed by atoms with Gasteiger partial charge in [-0.15, -0.1) is 0 Å². The molecule has 0 radical (unpaired) electrons. The summed E-state index contributed by atoms with van der Waals surface area (Å²) in [5.41, 5.74) is 0.793. The van der Waals surface area contributed by atoms with Crippen LogP contribution in [0.5, 0.6) is 5.75 Å². The molecule has 0 fully saturated rings. The molecule has 0 saturated carbocycles. The van der Waals surface area contributed by atoms with Crippen LogP contribution < -0.4 is 4.74 Å². The van der Waals surface area contributed by atoms with E-state index in [1.54, 1.807) is 6.07 Å². The van der Waals surface area contributed by atoms with Crippen LogP contribution in [0.2, 0.25) is 0 Å². The van der Waals surface area contributed by atoms with Crippen molar-refractivity contribution in [1.29, 1.82) is 0 Å². The van der Waals surface area contributed by atoms with Crippen LogP contribution >= 0.6 is 0 Å². The third kappa shape index (κ3) is 15.7. The second-order valence-corrected chi connectivity index (χ2v) is 4.17. The average Bonchev–Trinajstić information content (AvgIpc) is 3.26. The molecule has 5 nitrogen and oxygen atoms in total. The van der Waals surface area contributed by atoms with Gasteiger partial charge in [0.1, 0.15) is 17.7 Å². The Morgan fingerprint density at radius 3 is 2.04 bits per heavy atom. The van der Waals surface area contributed by atoms with Crippen molar-refractivity contribution in [1.82, 2.24) is 5.16 Å². The maximum atomic E-state index is 5.55. The topological polar surface area (TPSA) is 53.7 Å². The minimum absolute atomic E-state index is 0.455. The lowest BCUT2D eigenvalue weighted by Gasteiger charge is -2.07. The molecule has 150 valence electrons. The predicted octanol–water partition coefficient (Wildman–Crippen LogP) is 5.76. The predicted molar refractivity (Wildman–Crippen MR) is 108 cm³/mol. The van der Waals surface area contributed by atoms with E-state index in [9.17, 15) is 0 Å². The zero-order valence-corrected chi connectivity index (χ0v) is 17.4. The van der Waals surface area contributed by atoms with Gasteiger partial charge in [0, 0.05) is 19.1 Å². The Balaban J connectivity index is 0. The number of para-hydroxylation sites is 1. The lowest BCUT2D eigenvalue weighted by molar-refractivity contribution is 0.0351. The van der Waals surface area contributed by atoms with Gasteiger partial charge in [-0.25, -0.2) is 0 Å². The Morgan fingerprint density at radius 1 is 0.769 bits per heavy atom. The zero-order valence-electron chi connectivity index (χ0n) is 17.4.